The molecule has 1 fully saturated rings. The van der Waals surface area contributed by atoms with E-state index >= 15 is 0 Å². The first-order chi connectivity index (χ1) is 16.0. The van der Waals surface area contributed by atoms with Crippen LogP contribution in [0.15, 0.2) is 59.8 Å². The van der Waals surface area contributed by atoms with Crippen molar-refractivity contribution in [2.75, 3.05) is 31.8 Å². The number of anilines is 1. The molecule has 0 bridgehead atoms. The molecule has 0 radical (unpaired) electrons. The highest BCUT2D eigenvalue weighted by molar-refractivity contribution is 7.99. The Kier molecular flexibility index (Phi) is 7.29. The van der Waals surface area contributed by atoms with E-state index in [1.807, 2.05) is 18.2 Å². The summed E-state index contributed by atoms with van der Waals surface area (Å²) in [5.41, 5.74) is 1.79. The van der Waals surface area contributed by atoms with E-state index in [1.54, 1.807) is 38.4 Å². The molecule has 1 heterocycles. The minimum absolute atomic E-state index is 0.0410. The minimum Gasteiger partial charge on any atom is -0.497 e. The standard InChI is InChI=1S/C24H27N5O3S/c1-28(15-21(30)25-19-9-6-10-20(13-19)32-2)22(31)16-33-24-27-26-23(18-11-12-18)29(24)14-17-7-4-3-5-8-17/h3-10,13,18H,11-12,14-16H2,1-2H3,(H,25,30). The number of methoxy groups -OCH3 is 1. The van der Waals surface area contributed by atoms with E-state index in [1.165, 1.54) is 22.2 Å². The number of nitrogens with one attached hydrogen (secondary N) is 1. The lowest BCUT2D eigenvalue weighted by Crippen LogP contribution is -2.36. The molecule has 1 saturated carbocycles. The summed E-state index contributed by atoms with van der Waals surface area (Å²) in [4.78, 5) is 26.5. The number of ether oxygens (including phenoxy) is 1. The van der Waals surface area contributed by atoms with E-state index in [-0.39, 0.29) is 24.1 Å². The molecule has 33 heavy (non-hydrogen) atoms. The van der Waals surface area contributed by atoms with Crippen LogP contribution in [0.5, 0.6) is 5.75 Å². The van der Waals surface area contributed by atoms with Gasteiger partial charge in [0, 0.05) is 24.7 Å². The highest BCUT2D eigenvalue weighted by Crippen LogP contribution is 2.40. The van der Waals surface area contributed by atoms with Crippen molar-refractivity contribution in [2.24, 2.45) is 0 Å². The molecular formula is C24H27N5O3S. The first-order valence-corrected chi connectivity index (χ1v) is 11.8. The van der Waals surface area contributed by atoms with Crippen molar-refractivity contribution in [1.82, 2.24) is 19.7 Å². The molecule has 1 N–H and O–H groups in total. The first-order valence-electron chi connectivity index (χ1n) is 10.8. The van der Waals surface area contributed by atoms with Crippen LogP contribution in [0.2, 0.25) is 0 Å². The molecule has 1 aliphatic carbocycles. The largest absolute Gasteiger partial charge is 0.497 e. The van der Waals surface area contributed by atoms with Gasteiger partial charge in [0.05, 0.1) is 26.0 Å². The molecule has 4 rings (SSSR count). The van der Waals surface area contributed by atoms with Crippen molar-refractivity contribution in [2.45, 2.75) is 30.5 Å². The van der Waals surface area contributed by atoms with Gasteiger partial charge in [-0.1, -0.05) is 48.2 Å². The number of nitrogens with zero attached hydrogens (tertiary/aromatic N) is 4. The van der Waals surface area contributed by atoms with E-state index in [9.17, 15) is 9.59 Å². The Morgan fingerprint density at radius 3 is 2.67 bits per heavy atom. The van der Waals surface area contributed by atoms with E-state index in [2.05, 4.69) is 32.2 Å². The number of hydrogen-bond donors (Lipinski definition) is 1. The topological polar surface area (TPSA) is 89.3 Å². The maximum atomic E-state index is 12.7. The van der Waals surface area contributed by atoms with Gasteiger partial charge in [-0.2, -0.15) is 0 Å². The van der Waals surface area contributed by atoms with Crippen LogP contribution in [0.3, 0.4) is 0 Å². The average molecular weight is 466 g/mol. The summed E-state index contributed by atoms with van der Waals surface area (Å²) in [6, 6.07) is 17.3. The van der Waals surface area contributed by atoms with Gasteiger partial charge in [-0.3, -0.25) is 9.59 Å². The summed E-state index contributed by atoms with van der Waals surface area (Å²) in [6.07, 6.45) is 2.25. The van der Waals surface area contributed by atoms with Gasteiger partial charge in [0.2, 0.25) is 11.8 Å². The fraction of sp³-hybridized carbons (Fsp3) is 0.333. The zero-order chi connectivity index (χ0) is 23.2. The lowest BCUT2D eigenvalue weighted by molar-refractivity contribution is -0.131. The van der Waals surface area contributed by atoms with Crippen LogP contribution in [-0.4, -0.2) is 57.9 Å². The van der Waals surface area contributed by atoms with Crippen LogP contribution >= 0.6 is 11.8 Å². The summed E-state index contributed by atoms with van der Waals surface area (Å²) < 4.78 is 7.28. The molecule has 0 saturated heterocycles. The first kappa shape index (κ1) is 22.8. The summed E-state index contributed by atoms with van der Waals surface area (Å²) in [5.74, 6) is 1.85. The third kappa shape index (κ3) is 6.13. The molecule has 0 atom stereocenters. The average Bonchev–Trinajstić information content (AvgIpc) is 3.59. The van der Waals surface area contributed by atoms with Crippen molar-refractivity contribution in [3.05, 3.63) is 66.0 Å². The molecule has 0 spiro atoms. The Labute approximate surface area is 197 Å². The molecule has 8 nitrogen and oxygen atoms in total. The van der Waals surface area contributed by atoms with Gasteiger partial charge < -0.3 is 19.5 Å². The number of aromatic nitrogens is 3. The van der Waals surface area contributed by atoms with E-state index < -0.39 is 0 Å². The highest BCUT2D eigenvalue weighted by Gasteiger charge is 2.30. The second kappa shape index (κ2) is 10.5. The fourth-order valence-electron chi connectivity index (χ4n) is 3.41. The van der Waals surface area contributed by atoms with Crippen molar-refractivity contribution < 1.29 is 14.3 Å². The zero-order valence-corrected chi connectivity index (χ0v) is 19.5. The van der Waals surface area contributed by atoms with Gasteiger partial charge in [-0.05, 0) is 30.5 Å². The maximum absolute atomic E-state index is 12.7. The van der Waals surface area contributed by atoms with Crippen LogP contribution in [-0.2, 0) is 16.1 Å². The van der Waals surface area contributed by atoms with Gasteiger partial charge in [0.15, 0.2) is 5.16 Å². The smallest absolute Gasteiger partial charge is 0.243 e. The Bertz CT molecular complexity index is 1110. The molecule has 172 valence electrons. The second-order valence-electron chi connectivity index (χ2n) is 8.01. The van der Waals surface area contributed by atoms with Crippen LogP contribution in [0.4, 0.5) is 5.69 Å². The SMILES string of the molecule is COc1cccc(NC(=O)CN(C)C(=O)CSc2nnc(C3CC3)n2Cc2ccccc2)c1. The predicted molar refractivity (Wildman–Crippen MR) is 128 cm³/mol. The molecular weight excluding hydrogens is 438 g/mol. The number of carbonyl (C=O) groups excluding carboxylic acids is 2. The molecule has 2 aromatic carbocycles. The Morgan fingerprint density at radius 1 is 1.15 bits per heavy atom. The van der Waals surface area contributed by atoms with Crippen molar-refractivity contribution in [3.8, 4) is 5.75 Å². The summed E-state index contributed by atoms with van der Waals surface area (Å²) >= 11 is 1.35. The van der Waals surface area contributed by atoms with Crippen molar-refractivity contribution >= 4 is 29.3 Å². The zero-order valence-electron chi connectivity index (χ0n) is 18.7. The highest BCUT2D eigenvalue weighted by atomic mass is 32.2. The van der Waals surface area contributed by atoms with Crippen molar-refractivity contribution in [3.63, 3.8) is 0 Å². The van der Waals surface area contributed by atoms with Gasteiger partial charge in [-0.25, -0.2) is 0 Å². The van der Waals surface area contributed by atoms with E-state index in [0.29, 0.717) is 23.9 Å². The van der Waals surface area contributed by atoms with Crippen LogP contribution in [0, 0.1) is 0 Å². The molecule has 9 heteroatoms. The number of carbonyl (C=O) groups is 2. The van der Waals surface area contributed by atoms with Crippen LogP contribution < -0.4 is 10.1 Å². The third-order valence-corrected chi connectivity index (χ3v) is 6.31. The lowest BCUT2D eigenvalue weighted by Gasteiger charge is -2.17. The Morgan fingerprint density at radius 2 is 1.94 bits per heavy atom. The number of hydrogen-bond acceptors (Lipinski definition) is 6. The van der Waals surface area contributed by atoms with Crippen LogP contribution in [0.25, 0.3) is 0 Å². The third-order valence-electron chi connectivity index (χ3n) is 5.36. The molecule has 2 amide bonds. The van der Waals surface area contributed by atoms with Gasteiger partial charge >= 0.3 is 0 Å². The summed E-state index contributed by atoms with van der Waals surface area (Å²) in [6.45, 7) is 0.635. The van der Waals surface area contributed by atoms with E-state index in [4.69, 9.17) is 4.74 Å². The Hall–Kier alpha value is -3.33. The van der Waals surface area contributed by atoms with Crippen LogP contribution in [0.1, 0.15) is 30.1 Å². The normalized spacial score (nSPS) is 12.9. The number of likely N-dealkylation sites (N-methyl/N-ethyl adjacent to an activating group) is 1. The Balaban J connectivity index is 1.33. The predicted octanol–water partition coefficient (Wildman–Crippen LogP) is 3.40. The molecule has 0 aliphatic heterocycles. The molecule has 3 aromatic rings. The molecule has 1 aromatic heterocycles. The van der Waals surface area contributed by atoms with Gasteiger partial charge in [0.1, 0.15) is 11.6 Å². The number of thioether (sulfide) groups is 1. The minimum atomic E-state index is -0.271. The van der Waals surface area contributed by atoms with Crippen molar-refractivity contribution in [1.29, 1.82) is 0 Å². The van der Waals surface area contributed by atoms with Gasteiger partial charge in [-0.15, -0.1) is 10.2 Å². The molecule has 1 aliphatic rings. The number of amides is 2. The number of benzene rings is 2. The number of rotatable bonds is 10. The summed E-state index contributed by atoms with van der Waals surface area (Å²) in [7, 11) is 3.19. The maximum Gasteiger partial charge on any atom is 0.243 e. The van der Waals surface area contributed by atoms with E-state index in [0.717, 1.165) is 23.8 Å². The fourth-order valence-corrected chi connectivity index (χ4v) is 4.29. The van der Waals surface area contributed by atoms with Gasteiger partial charge in [0.25, 0.3) is 0 Å². The monoisotopic (exact) mass is 465 g/mol. The lowest BCUT2D eigenvalue weighted by atomic mass is 10.2. The summed E-state index contributed by atoms with van der Waals surface area (Å²) in [5, 5.41) is 12.3. The second-order valence-corrected chi connectivity index (χ2v) is 8.95. The quantitative estimate of drug-likeness (QED) is 0.462. The molecule has 0 unspecified atom stereocenters.